The van der Waals surface area contributed by atoms with E-state index in [-0.39, 0.29) is 19.5 Å². The minimum Gasteiger partial charge on any atom is -0.281 e. The number of imide groups is 1. The highest BCUT2D eigenvalue weighted by Crippen LogP contribution is 2.10. The molecule has 0 aromatic rings. The Kier molecular flexibility index (Phi) is 1.43. The fourth-order valence-corrected chi connectivity index (χ4v) is 0.736. The van der Waals surface area contributed by atoms with Crippen LogP contribution < -0.4 is 0 Å². The van der Waals surface area contributed by atoms with Gasteiger partial charge >= 0.3 is 12.4 Å². The number of hydrogen-bond acceptors (Lipinski definition) is 4. The van der Waals surface area contributed by atoms with Gasteiger partial charge in [-0.2, -0.15) is 10.3 Å². The van der Waals surface area contributed by atoms with E-state index in [9.17, 15) is 9.59 Å². The van der Waals surface area contributed by atoms with E-state index in [1.165, 1.54) is 0 Å². The van der Waals surface area contributed by atoms with E-state index in [0.717, 1.165) is 0 Å². The molecule has 1 heterocycles. The van der Waals surface area contributed by atoms with Gasteiger partial charge in [0.05, 0.1) is 0 Å². The van der Waals surface area contributed by atoms with Crippen LogP contribution in [0, 0.1) is 0 Å². The maximum absolute atomic E-state index is 10.6. The third kappa shape index (κ3) is 0.783. The molecule has 3 amide bonds. The van der Waals surface area contributed by atoms with Gasteiger partial charge in [-0.15, -0.1) is 0 Å². The van der Waals surface area contributed by atoms with Gasteiger partial charge in [0.15, 0.2) is 0 Å². The molecule has 0 saturated carbocycles. The average molecular weight is 147 g/mol. The largest absolute Gasteiger partial charge is 0.482 e. The first-order chi connectivity index (χ1) is 4.60. The summed E-state index contributed by atoms with van der Waals surface area (Å²) >= 11 is 0. The molecular weight excluding hydrogens is 140 g/mol. The molecular formula is C4H7N2O4+. The summed E-state index contributed by atoms with van der Waals surface area (Å²) in [6.45, 7) is -0.118. The molecule has 0 bridgehead atoms. The summed E-state index contributed by atoms with van der Waals surface area (Å²) in [5.41, 5.74) is 0. The van der Waals surface area contributed by atoms with Crippen LogP contribution in [0.5, 0.6) is 0 Å². The van der Waals surface area contributed by atoms with Gasteiger partial charge in [0.25, 0.3) is 0 Å². The fourth-order valence-electron chi connectivity index (χ4n) is 0.736. The molecule has 6 heteroatoms. The van der Waals surface area contributed by atoms with Crippen molar-refractivity contribution in [1.29, 1.82) is 0 Å². The molecule has 1 aliphatic rings. The van der Waals surface area contributed by atoms with Gasteiger partial charge in [0.1, 0.15) is 13.1 Å². The van der Waals surface area contributed by atoms with Gasteiger partial charge in [0, 0.05) is 0 Å². The molecule has 0 radical (unpaired) electrons. The van der Waals surface area contributed by atoms with Gasteiger partial charge in [-0.25, -0.2) is 9.59 Å². The number of hydrogen-bond donors (Lipinski definition) is 2. The van der Waals surface area contributed by atoms with Crippen molar-refractivity contribution in [2.75, 3.05) is 13.1 Å². The van der Waals surface area contributed by atoms with E-state index in [1.54, 1.807) is 0 Å². The molecule has 0 aromatic heterocycles. The van der Waals surface area contributed by atoms with Crippen molar-refractivity contribution >= 4 is 12.4 Å². The molecule has 1 atom stereocenters. The number of hydroxylamine groups is 5. The quantitative estimate of drug-likeness (QED) is 0.288. The maximum Gasteiger partial charge on any atom is 0.482 e. The van der Waals surface area contributed by atoms with Crippen molar-refractivity contribution in [3.8, 4) is 0 Å². The van der Waals surface area contributed by atoms with E-state index in [0.29, 0.717) is 5.06 Å². The summed E-state index contributed by atoms with van der Waals surface area (Å²) in [5.74, 6) is 0. The number of carbonyl (C=O) groups excluding carboxylic acids is 2. The van der Waals surface area contributed by atoms with Crippen molar-refractivity contribution < 1.29 is 24.6 Å². The predicted octanol–water partition coefficient (Wildman–Crippen LogP) is -0.826. The van der Waals surface area contributed by atoms with E-state index in [2.05, 4.69) is 0 Å². The second kappa shape index (κ2) is 2.01. The molecule has 0 spiro atoms. The van der Waals surface area contributed by atoms with E-state index in [1.807, 2.05) is 0 Å². The van der Waals surface area contributed by atoms with Crippen molar-refractivity contribution in [1.82, 2.24) is 5.06 Å². The lowest BCUT2D eigenvalue weighted by atomic mass is 10.6. The monoisotopic (exact) mass is 147 g/mol. The van der Waals surface area contributed by atoms with E-state index in [4.69, 9.17) is 10.4 Å². The standard InChI is InChI=1S/C4H7N2O4/c7-3-6(10)2-1-5(9)4(6)8/h3,9-10H,1-2H2/q+1. The Balaban J connectivity index is 2.83. The molecule has 1 unspecified atom stereocenters. The first-order valence-electron chi connectivity index (χ1n) is 2.68. The van der Waals surface area contributed by atoms with Crippen molar-refractivity contribution in [3.05, 3.63) is 0 Å². The Bertz CT molecular complexity index is 182. The predicted molar refractivity (Wildman–Crippen MR) is 26.9 cm³/mol. The Morgan fingerprint density at radius 3 is 2.50 bits per heavy atom. The molecule has 0 aliphatic carbocycles. The summed E-state index contributed by atoms with van der Waals surface area (Å²) in [6.07, 6.45) is 0.0819. The highest BCUT2D eigenvalue weighted by atomic mass is 16.6. The summed E-state index contributed by atoms with van der Waals surface area (Å²) < 4.78 is -1.35. The third-order valence-electron chi connectivity index (χ3n) is 1.38. The summed E-state index contributed by atoms with van der Waals surface area (Å²) in [5, 5.41) is 17.9. The van der Waals surface area contributed by atoms with Crippen LogP contribution >= 0.6 is 0 Å². The van der Waals surface area contributed by atoms with Gasteiger partial charge in [-0.05, 0) is 4.65 Å². The van der Waals surface area contributed by atoms with Crippen LogP contribution in [-0.2, 0) is 4.79 Å². The van der Waals surface area contributed by atoms with Crippen molar-refractivity contribution in [2.24, 2.45) is 0 Å². The second-order valence-corrected chi connectivity index (χ2v) is 2.06. The van der Waals surface area contributed by atoms with Gasteiger partial charge < -0.3 is 0 Å². The summed E-state index contributed by atoms with van der Waals surface area (Å²) in [7, 11) is 0. The van der Waals surface area contributed by atoms with Crippen LogP contribution in [0.25, 0.3) is 0 Å². The number of amides is 3. The zero-order valence-corrected chi connectivity index (χ0v) is 5.10. The number of quaternary nitrogens is 1. The van der Waals surface area contributed by atoms with E-state index >= 15 is 0 Å². The van der Waals surface area contributed by atoms with Crippen molar-refractivity contribution in [3.63, 3.8) is 0 Å². The normalized spacial score (nSPS) is 33.0. The molecule has 6 nitrogen and oxygen atoms in total. The van der Waals surface area contributed by atoms with Gasteiger partial charge in [-0.3, -0.25) is 5.21 Å². The Morgan fingerprint density at radius 2 is 2.30 bits per heavy atom. The number of urea groups is 1. The topological polar surface area (TPSA) is 77.8 Å². The molecule has 1 rings (SSSR count). The maximum atomic E-state index is 10.6. The molecule has 1 saturated heterocycles. The van der Waals surface area contributed by atoms with Crippen LogP contribution in [-0.4, -0.2) is 45.7 Å². The molecule has 56 valence electrons. The van der Waals surface area contributed by atoms with Gasteiger partial charge in [0.2, 0.25) is 0 Å². The van der Waals surface area contributed by atoms with Crippen LogP contribution in [0.15, 0.2) is 0 Å². The molecule has 2 N–H and O–H groups in total. The number of carbonyl (C=O) groups is 2. The van der Waals surface area contributed by atoms with Crippen molar-refractivity contribution in [2.45, 2.75) is 0 Å². The fraction of sp³-hybridized carbons (Fsp3) is 0.500. The first-order valence-corrected chi connectivity index (χ1v) is 2.68. The first kappa shape index (κ1) is 7.13. The van der Waals surface area contributed by atoms with Crippen LogP contribution in [0.1, 0.15) is 0 Å². The highest BCUT2D eigenvalue weighted by Gasteiger charge is 2.47. The Labute approximate surface area is 56.4 Å². The lowest BCUT2D eigenvalue weighted by Gasteiger charge is -2.10. The number of nitrogens with zero attached hydrogens (tertiary/aromatic N) is 2. The molecule has 0 aromatic carbocycles. The Hall–Kier alpha value is -0.980. The minimum atomic E-state index is -1.35. The summed E-state index contributed by atoms with van der Waals surface area (Å²) in [6, 6.07) is -1.00. The molecule has 1 fully saturated rings. The second-order valence-electron chi connectivity index (χ2n) is 2.06. The van der Waals surface area contributed by atoms with E-state index < -0.39 is 10.7 Å². The average Bonchev–Trinajstić information content (AvgIpc) is 2.19. The Morgan fingerprint density at radius 1 is 1.70 bits per heavy atom. The lowest BCUT2D eigenvalue weighted by Crippen LogP contribution is -2.46. The van der Waals surface area contributed by atoms with Gasteiger partial charge in [-0.1, -0.05) is 0 Å². The van der Waals surface area contributed by atoms with Crippen LogP contribution in [0.4, 0.5) is 4.79 Å². The zero-order chi connectivity index (χ0) is 7.78. The number of rotatable bonds is 1. The smallest absolute Gasteiger partial charge is 0.281 e. The highest BCUT2D eigenvalue weighted by molar-refractivity contribution is 5.73. The SMILES string of the molecule is O=C[N+]1(O)CCN(O)C1=O. The third-order valence-corrected chi connectivity index (χ3v) is 1.38. The molecule has 10 heavy (non-hydrogen) atoms. The zero-order valence-electron chi connectivity index (χ0n) is 5.10. The minimum absolute atomic E-state index is 0.0198. The lowest BCUT2D eigenvalue weighted by molar-refractivity contribution is -0.958. The molecule has 1 aliphatic heterocycles. The van der Waals surface area contributed by atoms with Crippen LogP contribution in [0.2, 0.25) is 0 Å². The van der Waals surface area contributed by atoms with Crippen LogP contribution in [0.3, 0.4) is 0 Å². The summed E-state index contributed by atoms with van der Waals surface area (Å²) in [4.78, 5) is 20.7.